The van der Waals surface area contributed by atoms with Gasteiger partial charge in [-0.25, -0.2) is 0 Å². The van der Waals surface area contributed by atoms with E-state index in [1.807, 2.05) is 32.9 Å². The number of benzene rings is 1. The maximum Gasteiger partial charge on any atom is 0.307 e. The quantitative estimate of drug-likeness (QED) is 0.843. The molecule has 0 bridgehead atoms. The molecule has 1 aromatic rings. The van der Waals surface area contributed by atoms with Crippen LogP contribution in [0.25, 0.3) is 5.57 Å². The second-order valence-corrected chi connectivity index (χ2v) is 4.77. The molecule has 0 fully saturated rings. The molecule has 0 spiro atoms. The van der Waals surface area contributed by atoms with Crippen molar-refractivity contribution in [1.29, 1.82) is 0 Å². The van der Waals surface area contributed by atoms with Crippen LogP contribution >= 0.6 is 0 Å². The molecule has 1 aromatic carbocycles. The first kappa shape index (κ1) is 15.3. The highest BCUT2D eigenvalue weighted by molar-refractivity contribution is 5.75. The lowest BCUT2D eigenvalue weighted by Crippen LogP contribution is -1.99. The molecule has 0 aliphatic heterocycles. The SMILES string of the molecule is CCCOc1cc(C)c(/C(C)=C/CC(=O)O)c(C)c1. The van der Waals surface area contributed by atoms with Gasteiger partial charge in [-0.3, -0.25) is 4.79 Å². The molecule has 0 radical (unpaired) electrons. The highest BCUT2D eigenvalue weighted by Gasteiger charge is 2.08. The maximum atomic E-state index is 10.6. The zero-order valence-electron chi connectivity index (χ0n) is 12.1. The summed E-state index contributed by atoms with van der Waals surface area (Å²) >= 11 is 0. The monoisotopic (exact) mass is 262 g/mol. The van der Waals surface area contributed by atoms with E-state index < -0.39 is 5.97 Å². The van der Waals surface area contributed by atoms with Crippen LogP contribution in [-0.2, 0) is 4.79 Å². The Morgan fingerprint density at radius 1 is 1.32 bits per heavy atom. The number of carboxylic acid groups (broad SMARTS) is 1. The molecule has 0 heterocycles. The largest absolute Gasteiger partial charge is 0.494 e. The minimum Gasteiger partial charge on any atom is -0.494 e. The van der Waals surface area contributed by atoms with Crippen LogP contribution in [0.4, 0.5) is 0 Å². The van der Waals surface area contributed by atoms with Gasteiger partial charge >= 0.3 is 5.97 Å². The van der Waals surface area contributed by atoms with Gasteiger partial charge < -0.3 is 9.84 Å². The number of hydrogen-bond donors (Lipinski definition) is 1. The Labute approximate surface area is 114 Å². The Balaban J connectivity index is 3.02. The van der Waals surface area contributed by atoms with Crippen molar-refractivity contribution in [2.45, 2.75) is 40.5 Å². The van der Waals surface area contributed by atoms with Gasteiger partial charge in [-0.2, -0.15) is 0 Å². The Morgan fingerprint density at radius 3 is 2.37 bits per heavy atom. The van der Waals surface area contributed by atoms with E-state index >= 15 is 0 Å². The molecule has 19 heavy (non-hydrogen) atoms. The molecule has 0 aromatic heterocycles. The number of allylic oxidation sites excluding steroid dienone is 1. The van der Waals surface area contributed by atoms with Gasteiger partial charge in [-0.1, -0.05) is 13.0 Å². The predicted octanol–water partition coefficient (Wildman–Crippen LogP) is 3.97. The summed E-state index contributed by atoms with van der Waals surface area (Å²) in [4.78, 5) is 10.6. The zero-order valence-corrected chi connectivity index (χ0v) is 12.1. The van der Waals surface area contributed by atoms with Gasteiger partial charge in [0.15, 0.2) is 0 Å². The number of ether oxygens (including phenoxy) is 1. The lowest BCUT2D eigenvalue weighted by Gasteiger charge is -2.14. The highest BCUT2D eigenvalue weighted by Crippen LogP contribution is 2.27. The van der Waals surface area contributed by atoms with Crippen LogP contribution in [0.1, 0.15) is 43.4 Å². The van der Waals surface area contributed by atoms with Gasteiger partial charge in [0.2, 0.25) is 0 Å². The number of aryl methyl sites for hydroxylation is 2. The van der Waals surface area contributed by atoms with Crippen molar-refractivity contribution in [1.82, 2.24) is 0 Å². The van der Waals surface area contributed by atoms with Crippen LogP contribution in [-0.4, -0.2) is 17.7 Å². The summed E-state index contributed by atoms with van der Waals surface area (Å²) in [7, 11) is 0. The molecule has 1 rings (SSSR count). The standard InChI is InChI=1S/C16H22O3/c1-5-8-19-14-9-12(3)16(13(4)10-14)11(2)6-7-15(17)18/h6,9-10H,5,7-8H2,1-4H3,(H,17,18)/b11-6+. The smallest absolute Gasteiger partial charge is 0.307 e. The minimum atomic E-state index is -0.808. The average molecular weight is 262 g/mol. The van der Waals surface area contributed by atoms with Crippen LogP contribution in [0, 0.1) is 13.8 Å². The van der Waals surface area contributed by atoms with Crippen LogP contribution in [0.3, 0.4) is 0 Å². The molecular formula is C16H22O3. The first-order valence-electron chi connectivity index (χ1n) is 6.58. The molecule has 1 N–H and O–H groups in total. The number of carboxylic acids is 1. The number of carbonyl (C=O) groups is 1. The van der Waals surface area contributed by atoms with Gasteiger partial charge in [0.25, 0.3) is 0 Å². The van der Waals surface area contributed by atoms with Gasteiger partial charge in [-0.15, -0.1) is 0 Å². The highest BCUT2D eigenvalue weighted by atomic mass is 16.5. The molecule has 0 atom stereocenters. The summed E-state index contributed by atoms with van der Waals surface area (Å²) in [5.74, 6) is 0.0733. The van der Waals surface area contributed by atoms with E-state index in [0.29, 0.717) is 6.61 Å². The number of hydrogen-bond acceptors (Lipinski definition) is 2. The van der Waals surface area contributed by atoms with Gasteiger partial charge in [-0.05, 0) is 61.6 Å². The number of rotatable bonds is 6. The predicted molar refractivity (Wildman–Crippen MR) is 77.6 cm³/mol. The summed E-state index contributed by atoms with van der Waals surface area (Å²) in [6.07, 6.45) is 2.79. The Kier molecular flexibility index (Phi) is 5.61. The fourth-order valence-electron chi connectivity index (χ4n) is 2.19. The van der Waals surface area contributed by atoms with Gasteiger partial charge in [0, 0.05) is 0 Å². The third-order valence-electron chi connectivity index (χ3n) is 2.96. The van der Waals surface area contributed by atoms with Crippen molar-refractivity contribution in [2.75, 3.05) is 6.61 Å². The van der Waals surface area contributed by atoms with E-state index in [4.69, 9.17) is 9.84 Å². The molecule has 0 saturated carbocycles. The van der Waals surface area contributed by atoms with E-state index in [-0.39, 0.29) is 6.42 Å². The lowest BCUT2D eigenvalue weighted by atomic mass is 9.95. The summed E-state index contributed by atoms with van der Waals surface area (Å²) in [6, 6.07) is 4.02. The van der Waals surface area contributed by atoms with E-state index in [2.05, 4.69) is 6.92 Å². The maximum absolute atomic E-state index is 10.6. The fourth-order valence-corrected chi connectivity index (χ4v) is 2.19. The normalized spacial score (nSPS) is 11.5. The molecule has 0 aliphatic rings. The molecule has 0 aliphatic carbocycles. The minimum absolute atomic E-state index is 0.0544. The summed E-state index contributed by atoms with van der Waals surface area (Å²) in [6.45, 7) is 8.79. The van der Waals surface area contributed by atoms with Gasteiger partial charge in [0.1, 0.15) is 5.75 Å². The average Bonchev–Trinajstić information content (AvgIpc) is 2.33. The van der Waals surface area contributed by atoms with Crippen LogP contribution in [0.5, 0.6) is 5.75 Å². The van der Waals surface area contributed by atoms with Crippen LogP contribution in [0.2, 0.25) is 0 Å². The molecular weight excluding hydrogens is 240 g/mol. The summed E-state index contributed by atoms with van der Waals surface area (Å²) < 4.78 is 5.64. The summed E-state index contributed by atoms with van der Waals surface area (Å²) in [5.41, 5.74) is 4.35. The second kappa shape index (κ2) is 6.98. The Morgan fingerprint density at radius 2 is 1.89 bits per heavy atom. The molecule has 3 heteroatoms. The molecule has 3 nitrogen and oxygen atoms in total. The molecule has 0 unspecified atom stereocenters. The van der Waals surface area contributed by atoms with E-state index in [1.165, 1.54) is 0 Å². The zero-order chi connectivity index (χ0) is 14.4. The van der Waals surface area contributed by atoms with Crippen molar-refractivity contribution in [3.8, 4) is 5.75 Å². The molecule has 104 valence electrons. The second-order valence-electron chi connectivity index (χ2n) is 4.77. The first-order chi connectivity index (χ1) is 8.95. The fraction of sp³-hybridized carbons (Fsp3) is 0.438. The summed E-state index contributed by atoms with van der Waals surface area (Å²) in [5, 5.41) is 8.72. The Bertz CT molecular complexity index is 464. The third-order valence-corrected chi connectivity index (χ3v) is 2.96. The van der Waals surface area contributed by atoms with Gasteiger partial charge in [0.05, 0.1) is 13.0 Å². The topological polar surface area (TPSA) is 46.5 Å². The van der Waals surface area contributed by atoms with Crippen molar-refractivity contribution >= 4 is 11.5 Å². The van der Waals surface area contributed by atoms with Crippen molar-refractivity contribution in [3.63, 3.8) is 0 Å². The van der Waals surface area contributed by atoms with Crippen LogP contribution < -0.4 is 4.74 Å². The third kappa shape index (κ3) is 4.43. The van der Waals surface area contributed by atoms with Crippen molar-refractivity contribution < 1.29 is 14.6 Å². The van der Waals surface area contributed by atoms with E-state index in [1.54, 1.807) is 6.08 Å². The van der Waals surface area contributed by atoms with Crippen molar-refractivity contribution in [2.24, 2.45) is 0 Å². The molecule has 0 saturated heterocycles. The van der Waals surface area contributed by atoms with E-state index in [9.17, 15) is 4.79 Å². The van der Waals surface area contributed by atoms with Crippen LogP contribution in [0.15, 0.2) is 18.2 Å². The lowest BCUT2D eigenvalue weighted by molar-refractivity contribution is -0.135. The number of aliphatic carboxylic acids is 1. The first-order valence-corrected chi connectivity index (χ1v) is 6.58. The Hall–Kier alpha value is -1.77. The molecule has 0 amide bonds. The van der Waals surface area contributed by atoms with E-state index in [0.717, 1.165) is 34.4 Å². The van der Waals surface area contributed by atoms with Crippen molar-refractivity contribution in [3.05, 3.63) is 34.9 Å².